The van der Waals surface area contributed by atoms with Gasteiger partial charge in [0.05, 0.1) is 12.2 Å². The van der Waals surface area contributed by atoms with Crippen molar-refractivity contribution >= 4 is 29.9 Å². The fraction of sp³-hybridized carbons (Fsp3) is 0.217. The molecule has 0 bridgehead atoms. The summed E-state index contributed by atoms with van der Waals surface area (Å²) in [4.78, 5) is 8.27. The molecule has 3 aromatic rings. The molecule has 0 amide bonds. The lowest BCUT2D eigenvalue weighted by Gasteiger charge is -2.19. The first-order chi connectivity index (χ1) is 13.8. The van der Waals surface area contributed by atoms with E-state index < -0.39 is 0 Å². The molecule has 0 spiro atoms. The van der Waals surface area contributed by atoms with E-state index in [1.807, 2.05) is 12.1 Å². The summed E-state index contributed by atoms with van der Waals surface area (Å²) in [7, 11) is 1.70. The second-order valence-corrected chi connectivity index (χ2v) is 6.45. The Kier molecular flexibility index (Phi) is 9.56. The molecule has 0 fully saturated rings. The summed E-state index contributed by atoms with van der Waals surface area (Å²) in [6, 6.07) is 24.0. The maximum Gasteiger partial charge on any atom is 0.191 e. The molecule has 0 saturated carbocycles. The summed E-state index contributed by atoms with van der Waals surface area (Å²) >= 11 is 0. The molecule has 6 heteroatoms. The van der Waals surface area contributed by atoms with Crippen LogP contribution in [-0.4, -0.2) is 24.5 Å². The molecule has 29 heavy (non-hydrogen) atoms. The highest BCUT2D eigenvalue weighted by molar-refractivity contribution is 14.0. The molecule has 4 nitrogen and oxygen atoms in total. The molecule has 0 radical (unpaired) electrons. The summed E-state index contributed by atoms with van der Waals surface area (Å²) in [5, 5.41) is 6.43. The number of hydrogen-bond donors (Lipinski definition) is 2. The number of aromatic nitrogens is 1. The number of pyridine rings is 1. The number of rotatable bonds is 7. The number of halogens is 2. The monoisotopic (exact) mass is 504 g/mol. The Balaban J connectivity index is 0.00000300. The Morgan fingerprint density at radius 1 is 0.931 bits per heavy atom. The zero-order valence-corrected chi connectivity index (χ0v) is 18.7. The van der Waals surface area contributed by atoms with E-state index in [9.17, 15) is 4.39 Å². The lowest BCUT2D eigenvalue weighted by molar-refractivity contribution is 0.592. The van der Waals surface area contributed by atoms with Gasteiger partial charge in [-0.3, -0.25) is 9.98 Å². The van der Waals surface area contributed by atoms with Gasteiger partial charge in [-0.25, -0.2) is 4.39 Å². The van der Waals surface area contributed by atoms with Crippen molar-refractivity contribution in [3.63, 3.8) is 0 Å². The van der Waals surface area contributed by atoms with E-state index in [-0.39, 0.29) is 36.3 Å². The van der Waals surface area contributed by atoms with E-state index in [2.05, 4.69) is 69.1 Å². The third-order valence-electron chi connectivity index (χ3n) is 4.61. The number of aliphatic imine (C=N–C) groups is 1. The molecule has 0 saturated heterocycles. The third-order valence-corrected chi connectivity index (χ3v) is 4.61. The molecule has 2 N–H and O–H groups in total. The van der Waals surface area contributed by atoms with Crippen LogP contribution in [0.2, 0.25) is 0 Å². The van der Waals surface area contributed by atoms with E-state index in [1.165, 1.54) is 17.2 Å². The molecule has 1 heterocycles. The SMILES string of the molecule is CN=C(NCCC(c1ccccc1)c1ccccc1)NCc1ncccc1F.I. The zero-order chi connectivity index (χ0) is 19.6. The first-order valence-electron chi connectivity index (χ1n) is 9.41. The topological polar surface area (TPSA) is 49.3 Å². The van der Waals surface area contributed by atoms with Gasteiger partial charge in [0, 0.05) is 25.7 Å². The number of guanidine groups is 1. The number of hydrogen-bond acceptors (Lipinski definition) is 2. The Hall–Kier alpha value is -2.48. The summed E-state index contributed by atoms with van der Waals surface area (Å²) in [5.41, 5.74) is 2.94. The van der Waals surface area contributed by atoms with E-state index >= 15 is 0 Å². The van der Waals surface area contributed by atoms with Gasteiger partial charge in [0.1, 0.15) is 5.82 Å². The standard InChI is InChI=1S/C23H25FN4.HI/c1-25-23(28-17-22-21(24)13-8-15-26-22)27-16-14-20(18-9-4-2-5-10-18)19-11-6-3-7-12-19;/h2-13,15,20H,14,16-17H2,1H3,(H2,25,27,28);1H. The van der Waals surface area contributed by atoms with Crippen LogP contribution in [0.4, 0.5) is 4.39 Å². The van der Waals surface area contributed by atoms with E-state index in [0.717, 1.165) is 13.0 Å². The number of benzene rings is 2. The van der Waals surface area contributed by atoms with Gasteiger partial charge in [-0.2, -0.15) is 0 Å². The molecule has 0 atom stereocenters. The van der Waals surface area contributed by atoms with Crippen molar-refractivity contribution in [3.8, 4) is 0 Å². The Morgan fingerprint density at radius 3 is 2.10 bits per heavy atom. The van der Waals surface area contributed by atoms with Crippen LogP contribution in [0.25, 0.3) is 0 Å². The summed E-state index contributed by atoms with van der Waals surface area (Å²) in [5.74, 6) is 0.602. The van der Waals surface area contributed by atoms with Crippen LogP contribution in [0.15, 0.2) is 84.0 Å². The molecule has 0 aliphatic rings. The Bertz CT molecular complexity index is 848. The van der Waals surface area contributed by atoms with Gasteiger partial charge in [0.15, 0.2) is 5.96 Å². The van der Waals surface area contributed by atoms with Crippen LogP contribution < -0.4 is 10.6 Å². The second-order valence-electron chi connectivity index (χ2n) is 6.45. The molecule has 2 aromatic carbocycles. The molecular weight excluding hydrogens is 478 g/mol. The summed E-state index contributed by atoms with van der Waals surface area (Å²) in [6.45, 7) is 1.02. The minimum atomic E-state index is -0.321. The molecule has 1 aromatic heterocycles. The van der Waals surface area contributed by atoms with Gasteiger partial charge in [0.2, 0.25) is 0 Å². The van der Waals surface area contributed by atoms with Crippen LogP contribution in [0.5, 0.6) is 0 Å². The molecular formula is C23H26FIN4. The smallest absolute Gasteiger partial charge is 0.191 e. The lowest BCUT2D eigenvalue weighted by atomic mass is 9.88. The van der Waals surface area contributed by atoms with Crippen molar-refractivity contribution < 1.29 is 4.39 Å². The minimum absolute atomic E-state index is 0. The van der Waals surface area contributed by atoms with Crippen LogP contribution in [0.3, 0.4) is 0 Å². The highest BCUT2D eigenvalue weighted by atomic mass is 127. The van der Waals surface area contributed by atoms with Gasteiger partial charge in [0.25, 0.3) is 0 Å². The predicted octanol–water partition coefficient (Wildman–Crippen LogP) is 4.73. The zero-order valence-electron chi connectivity index (χ0n) is 16.4. The van der Waals surface area contributed by atoms with E-state index in [4.69, 9.17) is 0 Å². The second kappa shape index (κ2) is 12.2. The first-order valence-corrected chi connectivity index (χ1v) is 9.41. The van der Waals surface area contributed by atoms with Crippen molar-refractivity contribution in [2.24, 2.45) is 4.99 Å². The quantitative estimate of drug-likeness (QED) is 0.278. The van der Waals surface area contributed by atoms with Crippen LogP contribution in [-0.2, 0) is 6.54 Å². The van der Waals surface area contributed by atoms with Crippen molar-refractivity contribution in [1.82, 2.24) is 15.6 Å². The van der Waals surface area contributed by atoms with Gasteiger partial charge in [-0.1, -0.05) is 60.7 Å². The van der Waals surface area contributed by atoms with E-state index in [1.54, 1.807) is 19.3 Å². The Morgan fingerprint density at radius 2 is 1.55 bits per heavy atom. The molecule has 0 aliphatic carbocycles. The molecule has 0 unspecified atom stereocenters. The van der Waals surface area contributed by atoms with Crippen molar-refractivity contribution in [2.75, 3.05) is 13.6 Å². The minimum Gasteiger partial charge on any atom is -0.356 e. The normalized spacial score (nSPS) is 11.1. The third kappa shape index (κ3) is 6.81. The molecule has 0 aliphatic heterocycles. The van der Waals surface area contributed by atoms with Gasteiger partial charge >= 0.3 is 0 Å². The van der Waals surface area contributed by atoms with Crippen LogP contribution >= 0.6 is 24.0 Å². The highest BCUT2D eigenvalue weighted by Crippen LogP contribution is 2.27. The fourth-order valence-electron chi connectivity index (χ4n) is 3.17. The largest absolute Gasteiger partial charge is 0.356 e. The Labute approximate surface area is 188 Å². The highest BCUT2D eigenvalue weighted by Gasteiger charge is 2.14. The number of nitrogens with zero attached hydrogens (tertiary/aromatic N) is 2. The molecule has 152 valence electrons. The fourth-order valence-corrected chi connectivity index (χ4v) is 3.17. The summed E-state index contributed by atoms with van der Waals surface area (Å²) in [6.07, 6.45) is 2.49. The van der Waals surface area contributed by atoms with Gasteiger partial charge < -0.3 is 10.6 Å². The average molecular weight is 504 g/mol. The van der Waals surface area contributed by atoms with Crippen molar-refractivity contribution in [2.45, 2.75) is 18.9 Å². The van der Waals surface area contributed by atoms with Crippen LogP contribution in [0, 0.1) is 5.82 Å². The predicted molar refractivity (Wildman–Crippen MR) is 127 cm³/mol. The lowest BCUT2D eigenvalue weighted by Crippen LogP contribution is -2.38. The van der Waals surface area contributed by atoms with Gasteiger partial charge in [-0.15, -0.1) is 24.0 Å². The van der Waals surface area contributed by atoms with Gasteiger partial charge in [-0.05, 0) is 29.7 Å². The maximum absolute atomic E-state index is 13.7. The summed E-state index contributed by atoms with van der Waals surface area (Å²) < 4.78 is 13.7. The molecule has 3 rings (SSSR count). The van der Waals surface area contributed by atoms with Crippen molar-refractivity contribution in [3.05, 3.63) is 102 Å². The maximum atomic E-state index is 13.7. The van der Waals surface area contributed by atoms with Crippen molar-refractivity contribution in [1.29, 1.82) is 0 Å². The first kappa shape index (κ1) is 22.8. The number of nitrogens with one attached hydrogen (secondary N) is 2. The van der Waals surface area contributed by atoms with E-state index in [0.29, 0.717) is 17.6 Å². The average Bonchev–Trinajstić information content (AvgIpc) is 2.75. The van der Waals surface area contributed by atoms with Crippen LogP contribution in [0.1, 0.15) is 29.2 Å².